The lowest BCUT2D eigenvalue weighted by Gasteiger charge is -2.35. The summed E-state index contributed by atoms with van der Waals surface area (Å²) in [6.07, 6.45) is -1.66. The minimum Gasteiger partial charge on any atom is -0.466 e. The fourth-order valence-electron chi connectivity index (χ4n) is 4.06. The third kappa shape index (κ3) is 2.40. The van der Waals surface area contributed by atoms with Crippen LogP contribution in [0.2, 0.25) is 0 Å². The van der Waals surface area contributed by atoms with Gasteiger partial charge in [-0.15, -0.1) is 0 Å². The Bertz CT molecular complexity index is 814. The van der Waals surface area contributed by atoms with Crippen LogP contribution in [0.25, 0.3) is 0 Å². The van der Waals surface area contributed by atoms with Crippen molar-refractivity contribution in [2.75, 3.05) is 13.2 Å². The van der Waals surface area contributed by atoms with Crippen LogP contribution in [0.4, 0.5) is 0 Å². The van der Waals surface area contributed by atoms with E-state index in [2.05, 4.69) is 0 Å². The van der Waals surface area contributed by atoms with E-state index in [0.29, 0.717) is 17.1 Å². The number of aryl methyl sites for hydroxylation is 2. The number of benzene rings is 1. The second-order valence-corrected chi connectivity index (χ2v) is 6.64. The van der Waals surface area contributed by atoms with Crippen LogP contribution >= 0.6 is 0 Å². The molecule has 1 saturated heterocycles. The molecule has 1 amide bonds. The van der Waals surface area contributed by atoms with E-state index in [4.69, 9.17) is 9.15 Å². The van der Waals surface area contributed by atoms with Crippen LogP contribution in [0, 0.1) is 13.8 Å². The second-order valence-electron chi connectivity index (χ2n) is 6.64. The van der Waals surface area contributed by atoms with E-state index in [1.54, 1.807) is 19.9 Å². The fourth-order valence-corrected chi connectivity index (χ4v) is 4.06. The maximum absolute atomic E-state index is 13.1. The molecule has 25 heavy (non-hydrogen) atoms. The molecule has 132 valence electrons. The second kappa shape index (κ2) is 5.98. The van der Waals surface area contributed by atoms with Crippen molar-refractivity contribution in [2.45, 2.75) is 38.2 Å². The van der Waals surface area contributed by atoms with Gasteiger partial charge in [-0.25, -0.2) is 0 Å². The number of nitrogens with zero attached hydrogens (tertiary/aromatic N) is 1. The SMILES string of the molecule is Cc1cc(C(=O)N(CCO)[C@H]2[C@H](O)[C@@H]3O[C@H]2c2ccccc23)c(C)o1. The lowest BCUT2D eigenvalue weighted by molar-refractivity contribution is 0.0285. The van der Waals surface area contributed by atoms with E-state index >= 15 is 0 Å². The lowest BCUT2D eigenvalue weighted by Crippen LogP contribution is -2.50. The highest BCUT2D eigenvalue weighted by molar-refractivity contribution is 5.95. The number of hydrogen-bond acceptors (Lipinski definition) is 5. The number of ether oxygens (including phenoxy) is 1. The van der Waals surface area contributed by atoms with Gasteiger partial charge in [0, 0.05) is 6.54 Å². The van der Waals surface area contributed by atoms with Crippen molar-refractivity contribution in [3.63, 3.8) is 0 Å². The van der Waals surface area contributed by atoms with E-state index in [0.717, 1.165) is 11.1 Å². The van der Waals surface area contributed by atoms with Gasteiger partial charge in [0.2, 0.25) is 0 Å². The minimum absolute atomic E-state index is 0.124. The summed E-state index contributed by atoms with van der Waals surface area (Å²) in [5.74, 6) is 0.922. The monoisotopic (exact) mass is 343 g/mol. The van der Waals surface area contributed by atoms with Gasteiger partial charge in [0.15, 0.2) is 0 Å². The number of furan rings is 1. The number of aliphatic hydroxyl groups excluding tert-OH is 2. The summed E-state index contributed by atoms with van der Waals surface area (Å²) < 4.78 is 11.4. The van der Waals surface area contributed by atoms with Crippen LogP contribution in [0.1, 0.15) is 45.2 Å². The molecule has 2 aliphatic heterocycles. The molecule has 0 aliphatic carbocycles. The highest BCUT2D eigenvalue weighted by atomic mass is 16.5. The minimum atomic E-state index is -0.830. The molecule has 0 radical (unpaired) electrons. The fraction of sp³-hybridized carbons (Fsp3) is 0.421. The highest BCUT2D eigenvalue weighted by Gasteiger charge is 2.54. The van der Waals surface area contributed by atoms with E-state index in [1.165, 1.54) is 4.90 Å². The van der Waals surface area contributed by atoms with Gasteiger partial charge in [0.05, 0.1) is 18.2 Å². The quantitative estimate of drug-likeness (QED) is 0.886. The van der Waals surface area contributed by atoms with Gasteiger partial charge in [-0.1, -0.05) is 24.3 Å². The van der Waals surface area contributed by atoms with Gasteiger partial charge in [-0.3, -0.25) is 4.79 Å². The van der Waals surface area contributed by atoms with Gasteiger partial charge >= 0.3 is 0 Å². The third-order valence-corrected chi connectivity index (χ3v) is 5.11. The Morgan fingerprint density at radius 1 is 1.20 bits per heavy atom. The van der Waals surface area contributed by atoms with Crippen molar-refractivity contribution in [1.29, 1.82) is 0 Å². The van der Waals surface area contributed by atoms with Crippen molar-refractivity contribution >= 4 is 5.91 Å². The van der Waals surface area contributed by atoms with Crippen LogP contribution in [-0.4, -0.2) is 46.3 Å². The molecule has 2 bridgehead atoms. The Balaban J connectivity index is 1.71. The van der Waals surface area contributed by atoms with E-state index < -0.39 is 18.2 Å². The molecular weight excluding hydrogens is 322 g/mol. The molecule has 6 heteroatoms. The molecule has 2 aliphatic rings. The summed E-state index contributed by atoms with van der Waals surface area (Å²) in [4.78, 5) is 14.6. The average molecular weight is 343 g/mol. The molecule has 0 spiro atoms. The van der Waals surface area contributed by atoms with Crippen LogP contribution in [0.3, 0.4) is 0 Å². The van der Waals surface area contributed by atoms with Crippen molar-refractivity contribution in [3.05, 3.63) is 58.5 Å². The zero-order valence-electron chi connectivity index (χ0n) is 14.2. The van der Waals surface area contributed by atoms with Gasteiger partial charge in [0.25, 0.3) is 5.91 Å². The normalized spacial score (nSPS) is 26.7. The summed E-state index contributed by atoms with van der Waals surface area (Å²) in [5.41, 5.74) is 2.43. The Hall–Kier alpha value is -2.15. The molecule has 1 fully saturated rings. The molecule has 4 rings (SSSR count). The Kier molecular flexibility index (Phi) is 3.91. The van der Waals surface area contributed by atoms with Crippen LogP contribution in [-0.2, 0) is 4.74 Å². The summed E-state index contributed by atoms with van der Waals surface area (Å²) in [5, 5.41) is 20.2. The number of fused-ring (bicyclic) bond motifs is 5. The topological polar surface area (TPSA) is 83.1 Å². The number of carbonyl (C=O) groups excluding carboxylic acids is 1. The molecule has 0 saturated carbocycles. The molecule has 0 unspecified atom stereocenters. The van der Waals surface area contributed by atoms with Gasteiger partial charge in [0.1, 0.15) is 29.8 Å². The van der Waals surface area contributed by atoms with Crippen molar-refractivity contribution in [3.8, 4) is 0 Å². The Morgan fingerprint density at radius 3 is 2.48 bits per heavy atom. The molecule has 1 aromatic carbocycles. The maximum atomic E-state index is 13.1. The largest absolute Gasteiger partial charge is 0.466 e. The Labute approximate surface area is 145 Å². The first-order valence-electron chi connectivity index (χ1n) is 8.44. The van der Waals surface area contributed by atoms with Gasteiger partial charge < -0.3 is 24.3 Å². The number of aliphatic hydroxyl groups is 2. The molecule has 3 heterocycles. The van der Waals surface area contributed by atoms with E-state index in [1.807, 2.05) is 24.3 Å². The predicted octanol–water partition coefficient (Wildman–Crippen LogP) is 1.89. The number of hydrogen-bond donors (Lipinski definition) is 2. The average Bonchev–Trinajstić information content (AvgIpc) is 3.24. The first-order valence-corrected chi connectivity index (χ1v) is 8.44. The molecule has 2 N–H and O–H groups in total. The third-order valence-electron chi connectivity index (χ3n) is 5.11. The summed E-state index contributed by atoms with van der Waals surface area (Å²) in [6.45, 7) is 3.45. The van der Waals surface area contributed by atoms with Crippen LogP contribution < -0.4 is 0 Å². The zero-order valence-corrected chi connectivity index (χ0v) is 14.2. The lowest BCUT2D eigenvalue weighted by atomic mass is 9.85. The van der Waals surface area contributed by atoms with Crippen LogP contribution in [0.5, 0.6) is 0 Å². The number of rotatable bonds is 4. The first kappa shape index (κ1) is 16.3. The number of amides is 1. The number of carbonyl (C=O) groups is 1. The molecule has 4 atom stereocenters. The van der Waals surface area contributed by atoms with Crippen molar-refractivity contribution < 1.29 is 24.2 Å². The Morgan fingerprint density at radius 2 is 1.88 bits per heavy atom. The smallest absolute Gasteiger partial charge is 0.257 e. The van der Waals surface area contributed by atoms with E-state index in [9.17, 15) is 15.0 Å². The molecular formula is C19H21NO5. The summed E-state index contributed by atoms with van der Waals surface area (Å²) in [7, 11) is 0. The predicted molar refractivity (Wildman–Crippen MR) is 89.1 cm³/mol. The highest BCUT2D eigenvalue weighted by Crippen LogP contribution is 2.52. The summed E-state index contributed by atoms with van der Waals surface area (Å²) in [6, 6.07) is 8.91. The maximum Gasteiger partial charge on any atom is 0.257 e. The van der Waals surface area contributed by atoms with Crippen molar-refractivity contribution in [1.82, 2.24) is 4.90 Å². The van der Waals surface area contributed by atoms with Crippen LogP contribution in [0.15, 0.2) is 34.7 Å². The zero-order chi connectivity index (χ0) is 17.7. The van der Waals surface area contributed by atoms with Crippen molar-refractivity contribution in [2.24, 2.45) is 0 Å². The van der Waals surface area contributed by atoms with Gasteiger partial charge in [-0.05, 0) is 31.0 Å². The molecule has 2 aromatic rings. The molecule has 1 aromatic heterocycles. The van der Waals surface area contributed by atoms with Gasteiger partial charge in [-0.2, -0.15) is 0 Å². The molecule has 6 nitrogen and oxygen atoms in total. The van der Waals surface area contributed by atoms with E-state index in [-0.39, 0.29) is 25.2 Å². The first-order chi connectivity index (χ1) is 12.0. The standard InChI is InChI=1S/C19H21NO5/c1-10-9-14(11(2)24-10)19(23)20(7-8-21)15-16(22)18-13-6-4-3-5-12(13)17(15)25-18/h3-6,9,15-18,21-22H,7-8H2,1-2H3/t15-,16-,17-,18+/m0/s1. The summed E-state index contributed by atoms with van der Waals surface area (Å²) >= 11 is 0.